The van der Waals surface area contributed by atoms with Gasteiger partial charge in [-0.25, -0.2) is 4.98 Å². The van der Waals surface area contributed by atoms with Crippen LogP contribution in [0.5, 0.6) is 0 Å². The van der Waals surface area contributed by atoms with Gasteiger partial charge in [-0.3, -0.25) is 14.2 Å². The van der Waals surface area contributed by atoms with Crippen LogP contribution in [0, 0.1) is 6.92 Å². The van der Waals surface area contributed by atoms with Gasteiger partial charge < -0.3 is 9.84 Å². The molecule has 0 saturated heterocycles. The smallest absolute Gasteiger partial charge is 0.257 e. The topological polar surface area (TPSA) is 90.0 Å². The van der Waals surface area contributed by atoms with E-state index in [0.717, 1.165) is 35.7 Å². The minimum Gasteiger partial charge on any atom is -0.360 e. The second-order valence-electron chi connectivity index (χ2n) is 5.89. The van der Waals surface area contributed by atoms with Crippen molar-refractivity contribution in [3.05, 3.63) is 33.4 Å². The highest BCUT2D eigenvalue weighted by atomic mass is 32.2. The van der Waals surface area contributed by atoms with Gasteiger partial charge in [0.25, 0.3) is 5.56 Å². The van der Waals surface area contributed by atoms with Crippen molar-refractivity contribution in [1.82, 2.24) is 14.7 Å². The zero-order valence-electron chi connectivity index (χ0n) is 12.7. The van der Waals surface area contributed by atoms with Gasteiger partial charge in [-0.15, -0.1) is 0 Å². The molecular formula is C15H16N4O3S. The molecule has 1 aliphatic heterocycles. The van der Waals surface area contributed by atoms with E-state index in [2.05, 4.69) is 15.5 Å². The molecule has 0 spiro atoms. The second kappa shape index (κ2) is 5.52. The zero-order chi connectivity index (χ0) is 16.0. The van der Waals surface area contributed by atoms with Crippen molar-refractivity contribution < 1.29 is 9.32 Å². The van der Waals surface area contributed by atoms with Gasteiger partial charge in [-0.1, -0.05) is 16.9 Å². The first kappa shape index (κ1) is 14.5. The number of carbonyl (C=O) groups excluding carboxylic acids is 1. The van der Waals surface area contributed by atoms with E-state index in [9.17, 15) is 9.59 Å². The molecule has 120 valence electrons. The molecular weight excluding hydrogens is 316 g/mol. The van der Waals surface area contributed by atoms with Gasteiger partial charge >= 0.3 is 0 Å². The van der Waals surface area contributed by atoms with Crippen LogP contribution in [0.1, 0.15) is 35.9 Å². The van der Waals surface area contributed by atoms with Crippen molar-refractivity contribution in [3.8, 4) is 0 Å². The van der Waals surface area contributed by atoms with Crippen molar-refractivity contribution in [2.24, 2.45) is 0 Å². The van der Waals surface area contributed by atoms with E-state index in [4.69, 9.17) is 4.52 Å². The molecule has 2 aromatic heterocycles. The van der Waals surface area contributed by atoms with Gasteiger partial charge in [0.05, 0.1) is 11.7 Å². The van der Waals surface area contributed by atoms with Gasteiger partial charge in [0.2, 0.25) is 5.91 Å². The Balaban J connectivity index is 1.55. The summed E-state index contributed by atoms with van der Waals surface area (Å²) in [4.78, 5) is 29.5. The highest BCUT2D eigenvalue weighted by molar-refractivity contribution is 7.99. The quantitative estimate of drug-likeness (QED) is 0.861. The van der Waals surface area contributed by atoms with Gasteiger partial charge in [-0.2, -0.15) is 0 Å². The number of hydrogen-bond acceptors (Lipinski definition) is 6. The van der Waals surface area contributed by atoms with Crippen LogP contribution in [0.25, 0.3) is 0 Å². The number of nitrogens with one attached hydrogen (secondary N) is 1. The molecule has 1 atom stereocenters. The average molecular weight is 332 g/mol. The lowest BCUT2D eigenvalue weighted by molar-refractivity contribution is -0.116. The first-order valence-corrected chi connectivity index (χ1v) is 8.60. The summed E-state index contributed by atoms with van der Waals surface area (Å²) in [7, 11) is 0. The maximum atomic E-state index is 12.7. The van der Waals surface area contributed by atoms with E-state index in [-0.39, 0.29) is 23.9 Å². The number of nitrogens with zero attached hydrogens (tertiary/aromatic N) is 3. The third kappa shape index (κ3) is 2.56. The number of carbonyl (C=O) groups is 1. The summed E-state index contributed by atoms with van der Waals surface area (Å²) in [6.45, 7) is 1.76. The Labute approximate surface area is 136 Å². The van der Waals surface area contributed by atoms with Crippen LogP contribution in [0.2, 0.25) is 0 Å². The van der Waals surface area contributed by atoms with E-state index in [1.54, 1.807) is 29.3 Å². The van der Waals surface area contributed by atoms with Crippen LogP contribution < -0.4 is 10.9 Å². The van der Waals surface area contributed by atoms with Crippen molar-refractivity contribution in [2.75, 3.05) is 11.1 Å². The summed E-state index contributed by atoms with van der Waals surface area (Å²) in [5, 5.41) is 7.19. The fraction of sp³-hybridized carbons (Fsp3) is 0.467. The number of hydrogen-bond donors (Lipinski definition) is 1. The predicted molar refractivity (Wildman–Crippen MR) is 84.8 cm³/mol. The van der Waals surface area contributed by atoms with Gasteiger partial charge in [0.15, 0.2) is 11.0 Å². The largest absolute Gasteiger partial charge is 0.360 e. The van der Waals surface area contributed by atoms with Gasteiger partial charge in [-0.05, 0) is 26.2 Å². The van der Waals surface area contributed by atoms with Crippen LogP contribution >= 0.6 is 11.8 Å². The number of rotatable bonds is 3. The Morgan fingerprint density at radius 1 is 1.52 bits per heavy atom. The minimum atomic E-state index is -0.177. The number of amides is 1. The van der Waals surface area contributed by atoms with E-state index in [1.165, 1.54) is 0 Å². The molecule has 23 heavy (non-hydrogen) atoms. The molecule has 2 aliphatic rings. The lowest BCUT2D eigenvalue weighted by Crippen LogP contribution is -2.30. The summed E-state index contributed by atoms with van der Waals surface area (Å²) in [6, 6.07) is 1.50. The van der Waals surface area contributed by atoms with Crippen LogP contribution in [0.4, 0.5) is 5.82 Å². The molecule has 4 rings (SSSR count). The molecule has 2 aromatic rings. The Hall–Kier alpha value is -2.09. The first-order chi connectivity index (χ1) is 11.1. The highest BCUT2D eigenvalue weighted by Gasteiger charge is 2.31. The van der Waals surface area contributed by atoms with Crippen LogP contribution in [-0.4, -0.2) is 26.4 Å². The summed E-state index contributed by atoms with van der Waals surface area (Å²) < 4.78 is 6.62. The first-order valence-electron chi connectivity index (χ1n) is 7.62. The number of aryl methyl sites for hydroxylation is 2. The minimum absolute atomic E-state index is 0.0302. The summed E-state index contributed by atoms with van der Waals surface area (Å²) in [5.41, 5.74) is 1.80. The molecule has 0 fully saturated rings. The SMILES string of the molecule is Cc1cc(NC(=O)CC2CSc3nc4c(c(=O)n32)CCC4)no1. The zero-order valence-corrected chi connectivity index (χ0v) is 13.5. The number of thioether (sulfide) groups is 1. The fourth-order valence-electron chi connectivity index (χ4n) is 3.14. The molecule has 0 saturated carbocycles. The maximum Gasteiger partial charge on any atom is 0.257 e. The van der Waals surface area contributed by atoms with Crippen molar-refractivity contribution in [2.45, 2.75) is 43.8 Å². The lowest BCUT2D eigenvalue weighted by atomic mass is 10.2. The Bertz CT molecular complexity index is 842. The fourth-order valence-corrected chi connectivity index (χ4v) is 4.29. The third-order valence-corrected chi connectivity index (χ3v) is 5.29. The predicted octanol–water partition coefficient (Wildman–Crippen LogP) is 1.70. The molecule has 0 bridgehead atoms. The molecule has 0 radical (unpaired) electrons. The van der Waals surface area contributed by atoms with E-state index in [0.29, 0.717) is 17.3 Å². The van der Waals surface area contributed by atoms with Crippen LogP contribution in [-0.2, 0) is 17.6 Å². The Morgan fingerprint density at radius 2 is 2.39 bits per heavy atom. The average Bonchev–Trinajstić information content (AvgIpc) is 3.20. The summed E-state index contributed by atoms with van der Waals surface area (Å²) in [6.07, 6.45) is 2.90. The molecule has 1 unspecified atom stereocenters. The standard InChI is InChI=1S/C15H16N4O3S/c1-8-5-12(18-22-8)17-13(20)6-9-7-23-15-16-11-4-2-3-10(11)14(21)19(9)15/h5,9H,2-4,6-7H2,1H3,(H,17,18,20). The van der Waals surface area contributed by atoms with Crippen molar-refractivity contribution in [1.29, 1.82) is 0 Å². The second-order valence-corrected chi connectivity index (χ2v) is 6.88. The monoisotopic (exact) mass is 332 g/mol. The molecule has 7 nitrogen and oxygen atoms in total. The van der Waals surface area contributed by atoms with Crippen LogP contribution in [0.15, 0.2) is 20.5 Å². The van der Waals surface area contributed by atoms with E-state index in [1.807, 2.05) is 0 Å². The molecule has 0 aromatic carbocycles. The lowest BCUT2D eigenvalue weighted by Gasteiger charge is -2.13. The normalized spacial score (nSPS) is 18.7. The maximum absolute atomic E-state index is 12.7. The van der Waals surface area contributed by atoms with Gasteiger partial charge in [0, 0.05) is 23.8 Å². The Morgan fingerprint density at radius 3 is 3.17 bits per heavy atom. The summed E-state index contributed by atoms with van der Waals surface area (Å²) >= 11 is 1.55. The molecule has 1 N–H and O–H groups in total. The molecule has 1 aliphatic carbocycles. The van der Waals surface area contributed by atoms with Crippen molar-refractivity contribution in [3.63, 3.8) is 0 Å². The Kier molecular flexibility index (Phi) is 3.48. The van der Waals surface area contributed by atoms with Crippen molar-refractivity contribution >= 4 is 23.5 Å². The highest BCUT2D eigenvalue weighted by Crippen LogP contribution is 2.34. The summed E-state index contributed by atoms with van der Waals surface area (Å²) in [5.74, 6) is 1.55. The molecule has 8 heteroatoms. The third-order valence-electron chi connectivity index (χ3n) is 4.19. The number of aromatic nitrogens is 3. The molecule has 1 amide bonds. The number of fused-ring (bicyclic) bond motifs is 2. The van der Waals surface area contributed by atoms with E-state index >= 15 is 0 Å². The van der Waals surface area contributed by atoms with Gasteiger partial charge in [0.1, 0.15) is 5.76 Å². The molecule has 3 heterocycles. The van der Waals surface area contributed by atoms with Crippen LogP contribution in [0.3, 0.4) is 0 Å². The number of anilines is 1. The van der Waals surface area contributed by atoms with E-state index < -0.39 is 0 Å².